The Morgan fingerprint density at radius 1 is 1.23 bits per heavy atom. The lowest BCUT2D eigenvalue weighted by molar-refractivity contribution is -0.140. The lowest BCUT2D eigenvalue weighted by Gasteiger charge is -2.09. The second kappa shape index (κ2) is 9.73. The van der Waals surface area contributed by atoms with E-state index in [1.807, 2.05) is 6.92 Å². The maximum atomic E-state index is 12.3. The number of unbranched alkanes of at least 4 members (excludes halogenated alkanes) is 1. The molecular formula is C21H19NO6S2. The number of hydrogen-bond donors (Lipinski definition) is 1. The minimum Gasteiger partial charge on any atom is -0.480 e. The van der Waals surface area contributed by atoms with Crippen LogP contribution in [0.25, 0.3) is 17.4 Å². The zero-order chi connectivity index (χ0) is 21.7. The van der Waals surface area contributed by atoms with Gasteiger partial charge in [-0.05, 0) is 30.7 Å². The highest BCUT2D eigenvalue weighted by molar-refractivity contribution is 8.26. The molecule has 0 atom stereocenters. The van der Waals surface area contributed by atoms with Crippen LogP contribution >= 0.6 is 24.0 Å². The third kappa shape index (κ3) is 5.17. The molecule has 0 unspecified atom stereocenters. The highest BCUT2D eigenvalue weighted by Gasteiger charge is 2.33. The van der Waals surface area contributed by atoms with Crippen molar-refractivity contribution in [3.05, 3.63) is 52.6 Å². The summed E-state index contributed by atoms with van der Waals surface area (Å²) in [5, 5.41) is 8.89. The normalized spacial score (nSPS) is 15.1. The molecule has 1 amide bonds. The Morgan fingerprint density at radius 3 is 2.63 bits per heavy atom. The van der Waals surface area contributed by atoms with E-state index in [0.717, 1.165) is 35.1 Å². The fraction of sp³-hybridized carbons (Fsp3) is 0.238. The standard InChI is InChI=1S/C21H19NO6S2/c1-2-3-10-27-20(26)14-6-4-13(5-7-14)16-9-8-15(28-16)11-17-19(25)22(12-18(23)24)21(29)30-17/h4-9,11H,2-3,10,12H2,1H3,(H,23,24)/b17-11+. The number of rotatable bonds is 8. The topological polar surface area (TPSA) is 97.0 Å². The fourth-order valence-corrected chi connectivity index (χ4v) is 3.88. The van der Waals surface area contributed by atoms with Crippen LogP contribution < -0.4 is 0 Å². The first-order chi connectivity index (χ1) is 14.4. The number of ether oxygens (including phenoxy) is 1. The number of carboxylic acid groups (broad SMARTS) is 1. The lowest BCUT2D eigenvalue weighted by Crippen LogP contribution is -2.33. The summed E-state index contributed by atoms with van der Waals surface area (Å²) >= 11 is 6.10. The van der Waals surface area contributed by atoms with Crippen LogP contribution in [0.3, 0.4) is 0 Å². The molecule has 0 saturated carbocycles. The van der Waals surface area contributed by atoms with Gasteiger partial charge in [0.15, 0.2) is 0 Å². The lowest BCUT2D eigenvalue weighted by atomic mass is 10.1. The number of carbonyl (C=O) groups excluding carboxylic acids is 2. The Kier molecular flexibility index (Phi) is 7.07. The summed E-state index contributed by atoms with van der Waals surface area (Å²) in [4.78, 5) is 36.5. The summed E-state index contributed by atoms with van der Waals surface area (Å²) < 4.78 is 11.2. The molecule has 7 nitrogen and oxygen atoms in total. The minimum atomic E-state index is -1.13. The van der Waals surface area contributed by atoms with Gasteiger partial charge in [0.25, 0.3) is 5.91 Å². The van der Waals surface area contributed by atoms with E-state index in [1.54, 1.807) is 36.4 Å². The van der Waals surface area contributed by atoms with Crippen LogP contribution in [0.5, 0.6) is 0 Å². The Hall–Kier alpha value is -2.91. The van der Waals surface area contributed by atoms with E-state index < -0.39 is 18.4 Å². The van der Waals surface area contributed by atoms with Crippen molar-refractivity contribution in [1.29, 1.82) is 0 Å². The van der Waals surface area contributed by atoms with Gasteiger partial charge in [-0.25, -0.2) is 4.79 Å². The van der Waals surface area contributed by atoms with Crippen molar-refractivity contribution < 1.29 is 28.6 Å². The number of esters is 1. The van der Waals surface area contributed by atoms with Gasteiger partial charge in [0.1, 0.15) is 22.4 Å². The van der Waals surface area contributed by atoms with E-state index in [0.29, 0.717) is 28.6 Å². The van der Waals surface area contributed by atoms with Crippen LogP contribution in [0.1, 0.15) is 35.9 Å². The third-order valence-electron chi connectivity index (χ3n) is 4.20. The molecule has 0 radical (unpaired) electrons. The number of aliphatic carboxylic acids is 1. The Balaban J connectivity index is 1.70. The number of benzene rings is 1. The predicted octanol–water partition coefficient (Wildman–Crippen LogP) is 4.19. The molecule has 1 saturated heterocycles. The summed E-state index contributed by atoms with van der Waals surface area (Å²) in [5.74, 6) is -0.961. The SMILES string of the molecule is CCCCOC(=O)c1ccc(-c2ccc(/C=C3/SC(=S)N(CC(=O)O)C3=O)o2)cc1. The molecule has 3 rings (SSSR count). The summed E-state index contributed by atoms with van der Waals surface area (Å²) in [7, 11) is 0. The number of furan rings is 1. The van der Waals surface area contributed by atoms with Crippen molar-refractivity contribution >= 4 is 52.2 Å². The van der Waals surface area contributed by atoms with Crippen LogP contribution in [0.4, 0.5) is 0 Å². The van der Waals surface area contributed by atoms with Gasteiger partial charge in [0.2, 0.25) is 0 Å². The van der Waals surface area contributed by atoms with E-state index in [1.165, 1.54) is 6.08 Å². The van der Waals surface area contributed by atoms with Crippen LogP contribution in [-0.4, -0.2) is 45.3 Å². The second-order valence-corrected chi connectivity index (χ2v) is 8.11. The Labute approximate surface area is 182 Å². The van der Waals surface area contributed by atoms with Crippen LogP contribution in [0.15, 0.2) is 45.7 Å². The number of hydrogen-bond acceptors (Lipinski definition) is 7. The van der Waals surface area contributed by atoms with Crippen LogP contribution in [-0.2, 0) is 14.3 Å². The van der Waals surface area contributed by atoms with E-state index in [4.69, 9.17) is 26.5 Å². The highest BCUT2D eigenvalue weighted by Crippen LogP contribution is 2.33. The number of nitrogens with zero attached hydrogens (tertiary/aromatic N) is 1. The van der Waals surface area contributed by atoms with Gasteiger partial charge in [-0.1, -0.05) is 49.5 Å². The highest BCUT2D eigenvalue weighted by atomic mass is 32.2. The van der Waals surface area contributed by atoms with Crippen molar-refractivity contribution in [2.75, 3.05) is 13.2 Å². The Bertz CT molecular complexity index is 1010. The monoisotopic (exact) mass is 445 g/mol. The maximum Gasteiger partial charge on any atom is 0.338 e. The van der Waals surface area contributed by atoms with Crippen molar-refractivity contribution in [2.24, 2.45) is 0 Å². The quantitative estimate of drug-likeness (QED) is 0.280. The summed E-state index contributed by atoms with van der Waals surface area (Å²) in [5.41, 5.74) is 1.22. The molecule has 1 aromatic carbocycles. The van der Waals surface area contributed by atoms with Gasteiger partial charge in [-0.3, -0.25) is 14.5 Å². The van der Waals surface area contributed by atoms with Gasteiger partial charge in [0, 0.05) is 11.6 Å². The van der Waals surface area contributed by atoms with Crippen LogP contribution in [0, 0.1) is 0 Å². The van der Waals surface area contributed by atoms with Crippen molar-refractivity contribution in [3.63, 3.8) is 0 Å². The molecule has 1 N–H and O–H groups in total. The second-order valence-electron chi connectivity index (χ2n) is 6.43. The fourth-order valence-electron chi connectivity index (χ4n) is 2.65. The molecule has 2 aromatic rings. The average molecular weight is 446 g/mol. The van der Waals surface area contributed by atoms with Crippen molar-refractivity contribution in [3.8, 4) is 11.3 Å². The van der Waals surface area contributed by atoms with E-state index >= 15 is 0 Å². The smallest absolute Gasteiger partial charge is 0.338 e. The summed E-state index contributed by atoms with van der Waals surface area (Å²) in [6.07, 6.45) is 3.31. The van der Waals surface area contributed by atoms with Gasteiger partial charge < -0.3 is 14.3 Å². The van der Waals surface area contributed by atoms with E-state index in [2.05, 4.69) is 0 Å². The van der Waals surface area contributed by atoms with Gasteiger partial charge in [0.05, 0.1) is 17.1 Å². The number of carbonyl (C=O) groups is 3. The minimum absolute atomic E-state index is 0.196. The number of thiocarbonyl (C=S) groups is 1. The number of thioether (sulfide) groups is 1. The predicted molar refractivity (Wildman–Crippen MR) is 117 cm³/mol. The van der Waals surface area contributed by atoms with Gasteiger partial charge in [-0.15, -0.1) is 0 Å². The molecule has 0 spiro atoms. The molecule has 1 aliphatic rings. The Morgan fingerprint density at radius 2 is 1.97 bits per heavy atom. The van der Waals surface area contributed by atoms with E-state index in [9.17, 15) is 14.4 Å². The van der Waals surface area contributed by atoms with Crippen molar-refractivity contribution in [2.45, 2.75) is 19.8 Å². The summed E-state index contributed by atoms with van der Waals surface area (Å²) in [6.45, 7) is 1.95. The summed E-state index contributed by atoms with van der Waals surface area (Å²) in [6, 6.07) is 10.3. The number of amides is 1. The zero-order valence-electron chi connectivity index (χ0n) is 16.1. The molecule has 1 fully saturated rings. The van der Waals surface area contributed by atoms with Gasteiger partial charge in [-0.2, -0.15) is 0 Å². The first-order valence-corrected chi connectivity index (χ1v) is 10.5. The van der Waals surface area contributed by atoms with Crippen LogP contribution in [0.2, 0.25) is 0 Å². The molecular weight excluding hydrogens is 426 g/mol. The molecule has 0 aliphatic carbocycles. The average Bonchev–Trinajstić information content (AvgIpc) is 3.28. The molecule has 30 heavy (non-hydrogen) atoms. The molecule has 9 heteroatoms. The molecule has 0 bridgehead atoms. The largest absolute Gasteiger partial charge is 0.480 e. The first kappa shape index (κ1) is 21.8. The molecule has 1 aliphatic heterocycles. The van der Waals surface area contributed by atoms with Crippen molar-refractivity contribution in [1.82, 2.24) is 4.90 Å². The third-order valence-corrected chi connectivity index (χ3v) is 5.58. The van der Waals surface area contributed by atoms with Gasteiger partial charge >= 0.3 is 11.9 Å². The maximum absolute atomic E-state index is 12.3. The van der Waals surface area contributed by atoms with E-state index in [-0.39, 0.29) is 10.3 Å². The molecule has 2 heterocycles. The number of carboxylic acids is 1. The molecule has 1 aromatic heterocycles. The first-order valence-electron chi connectivity index (χ1n) is 9.23. The molecule has 156 valence electrons. The zero-order valence-corrected chi connectivity index (χ0v) is 17.8.